The average molecular weight is 241 g/mol. The third-order valence-corrected chi connectivity index (χ3v) is 3.53. The standard InChI is InChI=1S/C12H19NO2S/c1-9(2)13-5-11-3-4-12(16-11)8-15-10-6-14-7-10/h3-4,9-10,13H,5-8H2,1-2H3. The first kappa shape index (κ1) is 12.0. The lowest BCUT2D eigenvalue weighted by Crippen LogP contribution is -2.35. The highest BCUT2D eigenvalue weighted by atomic mass is 32.1. The van der Waals surface area contributed by atoms with Crippen molar-refractivity contribution in [2.45, 2.75) is 39.1 Å². The van der Waals surface area contributed by atoms with Crippen LogP contribution in [0.2, 0.25) is 0 Å². The minimum Gasteiger partial charge on any atom is -0.376 e. The van der Waals surface area contributed by atoms with Gasteiger partial charge in [-0.15, -0.1) is 11.3 Å². The molecule has 0 radical (unpaired) electrons. The molecule has 3 nitrogen and oxygen atoms in total. The molecule has 1 saturated heterocycles. The van der Waals surface area contributed by atoms with Crippen molar-refractivity contribution in [3.63, 3.8) is 0 Å². The molecule has 16 heavy (non-hydrogen) atoms. The van der Waals surface area contributed by atoms with Gasteiger partial charge in [0.15, 0.2) is 0 Å². The van der Waals surface area contributed by atoms with E-state index in [1.807, 2.05) is 11.3 Å². The number of ether oxygens (including phenoxy) is 2. The van der Waals surface area contributed by atoms with Crippen LogP contribution in [0.3, 0.4) is 0 Å². The maximum atomic E-state index is 5.67. The summed E-state index contributed by atoms with van der Waals surface area (Å²) in [5.41, 5.74) is 0. The second kappa shape index (κ2) is 5.77. The Morgan fingerprint density at radius 1 is 1.44 bits per heavy atom. The zero-order valence-electron chi connectivity index (χ0n) is 9.86. The Morgan fingerprint density at radius 2 is 2.19 bits per heavy atom. The van der Waals surface area contributed by atoms with Crippen LogP contribution in [0.5, 0.6) is 0 Å². The number of thiophene rings is 1. The van der Waals surface area contributed by atoms with Gasteiger partial charge in [0.2, 0.25) is 0 Å². The summed E-state index contributed by atoms with van der Waals surface area (Å²) >= 11 is 1.82. The van der Waals surface area contributed by atoms with E-state index in [4.69, 9.17) is 9.47 Å². The Morgan fingerprint density at radius 3 is 2.81 bits per heavy atom. The molecule has 2 rings (SSSR count). The summed E-state index contributed by atoms with van der Waals surface area (Å²) in [4.78, 5) is 2.67. The van der Waals surface area contributed by atoms with Crippen LogP contribution in [-0.4, -0.2) is 25.4 Å². The Hall–Kier alpha value is -0.420. The molecule has 0 spiro atoms. The fraction of sp³-hybridized carbons (Fsp3) is 0.667. The van der Waals surface area contributed by atoms with E-state index >= 15 is 0 Å². The van der Waals surface area contributed by atoms with Gasteiger partial charge in [0.05, 0.1) is 19.8 Å². The molecule has 0 saturated carbocycles. The maximum Gasteiger partial charge on any atom is 0.105 e. The molecule has 1 aliphatic heterocycles. The molecule has 0 aromatic carbocycles. The third-order valence-electron chi connectivity index (χ3n) is 2.47. The molecule has 0 amide bonds. The Balaban J connectivity index is 1.73. The van der Waals surface area contributed by atoms with Crippen molar-refractivity contribution in [2.24, 2.45) is 0 Å². The van der Waals surface area contributed by atoms with Gasteiger partial charge in [0.1, 0.15) is 6.10 Å². The summed E-state index contributed by atoms with van der Waals surface area (Å²) in [6.45, 7) is 7.51. The molecule has 1 aliphatic rings. The van der Waals surface area contributed by atoms with Crippen LogP contribution in [0.1, 0.15) is 23.6 Å². The molecular formula is C12H19NO2S. The lowest BCUT2D eigenvalue weighted by Gasteiger charge is -2.25. The monoisotopic (exact) mass is 241 g/mol. The molecule has 0 unspecified atom stereocenters. The molecule has 90 valence electrons. The predicted molar refractivity (Wildman–Crippen MR) is 65.7 cm³/mol. The topological polar surface area (TPSA) is 30.5 Å². The van der Waals surface area contributed by atoms with Crippen molar-refractivity contribution in [1.29, 1.82) is 0 Å². The van der Waals surface area contributed by atoms with E-state index in [2.05, 4.69) is 31.3 Å². The molecule has 0 aliphatic carbocycles. The predicted octanol–water partition coefficient (Wildman–Crippen LogP) is 2.16. The van der Waals surface area contributed by atoms with E-state index < -0.39 is 0 Å². The van der Waals surface area contributed by atoms with Gasteiger partial charge < -0.3 is 14.8 Å². The number of rotatable bonds is 6. The highest BCUT2D eigenvalue weighted by Crippen LogP contribution is 2.19. The molecule has 1 aromatic rings. The second-order valence-electron chi connectivity index (χ2n) is 4.37. The first-order valence-corrected chi connectivity index (χ1v) is 6.56. The van der Waals surface area contributed by atoms with Crippen molar-refractivity contribution >= 4 is 11.3 Å². The Bertz CT molecular complexity index is 321. The van der Waals surface area contributed by atoms with E-state index in [1.165, 1.54) is 9.75 Å². The summed E-state index contributed by atoms with van der Waals surface area (Å²) in [7, 11) is 0. The summed E-state index contributed by atoms with van der Waals surface area (Å²) in [6, 6.07) is 4.87. The highest BCUT2D eigenvalue weighted by Gasteiger charge is 2.18. The van der Waals surface area contributed by atoms with Crippen molar-refractivity contribution in [3.8, 4) is 0 Å². The van der Waals surface area contributed by atoms with Crippen LogP contribution in [0, 0.1) is 0 Å². The summed E-state index contributed by atoms with van der Waals surface area (Å²) in [5, 5.41) is 3.41. The molecule has 1 fully saturated rings. The molecular weight excluding hydrogens is 222 g/mol. The van der Waals surface area contributed by atoms with Crippen LogP contribution >= 0.6 is 11.3 Å². The van der Waals surface area contributed by atoms with E-state index in [9.17, 15) is 0 Å². The van der Waals surface area contributed by atoms with Crippen molar-refractivity contribution in [3.05, 3.63) is 21.9 Å². The average Bonchev–Trinajstić information content (AvgIpc) is 2.60. The fourth-order valence-electron chi connectivity index (χ4n) is 1.41. The number of nitrogens with one attached hydrogen (secondary N) is 1. The quantitative estimate of drug-likeness (QED) is 0.828. The molecule has 4 heteroatoms. The molecule has 2 heterocycles. The number of hydrogen-bond acceptors (Lipinski definition) is 4. The minimum absolute atomic E-state index is 0.319. The van der Waals surface area contributed by atoms with Crippen LogP contribution in [0.4, 0.5) is 0 Å². The van der Waals surface area contributed by atoms with Gasteiger partial charge in [-0.2, -0.15) is 0 Å². The van der Waals surface area contributed by atoms with Crippen molar-refractivity contribution in [2.75, 3.05) is 13.2 Å². The SMILES string of the molecule is CC(C)NCc1ccc(COC2COC2)s1. The maximum absolute atomic E-state index is 5.67. The Kier molecular flexibility index (Phi) is 4.35. The van der Waals surface area contributed by atoms with Crippen molar-refractivity contribution < 1.29 is 9.47 Å². The summed E-state index contributed by atoms with van der Waals surface area (Å²) in [6.07, 6.45) is 0.319. The van der Waals surface area contributed by atoms with Gasteiger partial charge >= 0.3 is 0 Å². The minimum atomic E-state index is 0.319. The van der Waals surface area contributed by atoms with Crippen LogP contribution in [0.25, 0.3) is 0 Å². The van der Waals surface area contributed by atoms with Gasteiger partial charge in [0.25, 0.3) is 0 Å². The number of hydrogen-bond donors (Lipinski definition) is 1. The van der Waals surface area contributed by atoms with E-state index in [0.29, 0.717) is 12.1 Å². The second-order valence-corrected chi connectivity index (χ2v) is 5.63. The van der Waals surface area contributed by atoms with E-state index in [0.717, 1.165) is 26.4 Å². The Labute approximate surface area is 101 Å². The van der Waals surface area contributed by atoms with Gasteiger partial charge in [-0.3, -0.25) is 0 Å². The molecule has 1 aromatic heterocycles. The third kappa shape index (κ3) is 3.56. The molecule has 0 atom stereocenters. The van der Waals surface area contributed by atoms with Crippen molar-refractivity contribution in [1.82, 2.24) is 5.32 Å². The fourth-order valence-corrected chi connectivity index (χ4v) is 2.30. The van der Waals surface area contributed by atoms with E-state index in [1.54, 1.807) is 0 Å². The van der Waals surface area contributed by atoms with Gasteiger partial charge in [0, 0.05) is 22.3 Å². The normalized spacial score (nSPS) is 16.7. The largest absolute Gasteiger partial charge is 0.376 e. The lowest BCUT2D eigenvalue weighted by molar-refractivity contribution is -0.134. The molecule has 0 bridgehead atoms. The summed E-state index contributed by atoms with van der Waals surface area (Å²) in [5.74, 6) is 0. The molecule has 1 N–H and O–H groups in total. The zero-order valence-corrected chi connectivity index (χ0v) is 10.7. The smallest absolute Gasteiger partial charge is 0.105 e. The van der Waals surface area contributed by atoms with Gasteiger partial charge in [-0.1, -0.05) is 13.8 Å². The first-order valence-electron chi connectivity index (χ1n) is 5.74. The van der Waals surface area contributed by atoms with Crippen LogP contribution in [0.15, 0.2) is 12.1 Å². The van der Waals surface area contributed by atoms with Crippen LogP contribution in [-0.2, 0) is 22.6 Å². The van der Waals surface area contributed by atoms with E-state index in [-0.39, 0.29) is 0 Å². The van der Waals surface area contributed by atoms with Gasteiger partial charge in [-0.05, 0) is 12.1 Å². The zero-order chi connectivity index (χ0) is 11.4. The van der Waals surface area contributed by atoms with Crippen LogP contribution < -0.4 is 5.32 Å². The summed E-state index contributed by atoms with van der Waals surface area (Å²) < 4.78 is 10.7. The highest BCUT2D eigenvalue weighted by molar-refractivity contribution is 7.11. The lowest BCUT2D eigenvalue weighted by atomic mass is 10.3. The van der Waals surface area contributed by atoms with Gasteiger partial charge in [-0.25, -0.2) is 0 Å². The first-order chi connectivity index (χ1) is 7.74.